The Morgan fingerprint density at radius 3 is 3.05 bits per heavy atom. The van der Waals surface area contributed by atoms with Crippen LogP contribution in [0, 0.1) is 0 Å². The smallest absolute Gasteiger partial charge is 0.218 e. The van der Waals surface area contributed by atoms with Gasteiger partial charge in [-0.3, -0.25) is 0 Å². The lowest BCUT2D eigenvalue weighted by Gasteiger charge is -2.13. The van der Waals surface area contributed by atoms with E-state index in [0.29, 0.717) is 31.6 Å². The van der Waals surface area contributed by atoms with Crippen LogP contribution in [0.5, 0.6) is 5.88 Å². The van der Waals surface area contributed by atoms with E-state index < -0.39 is 0 Å². The fourth-order valence-electron chi connectivity index (χ4n) is 1.63. The van der Waals surface area contributed by atoms with Crippen molar-refractivity contribution >= 4 is 5.96 Å². The summed E-state index contributed by atoms with van der Waals surface area (Å²) >= 11 is 0. The minimum absolute atomic E-state index is 0.119. The van der Waals surface area contributed by atoms with Gasteiger partial charge in [-0.05, 0) is 19.4 Å². The van der Waals surface area contributed by atoms with Crippen molar-refractivity contribution in [1.82, 2.24) is 10.3 Å². The van der Waals surface area contributed by atoms with Crippen molar-refractivity contribution in [2.75, 3.05) is 20.3 Å². The zero-order valence-corrected chi connectivity index (χ0v) is 12.4. The quantitative estimate of drug-likeness (QED) is 0.554. The Balaban J connectivity index is 2.59. The van der Waals surface area contributed by atoms with E-state index in [1.165, 1.54) is 0 Å². The van der Waals surface area contributed by atoms with Gasteiger partial charge in [0.15, 0.2) is 5.96 Å². The molecule has 0 saturated carbocycles. The molecule has 1 heterocycles. The van der Waals surface area contributed by atoms with E-state index in [-0.39, 0.29) is 6.04 Å². The molecule has 0 saturated heterocycles. The Morgan fingerprint density at radius 1 is 1.55 bits per heavy atom. The molecule has 1 atom stereocenters. The summed E-state index contributed by atoms with van der Waals surface area (Å²) in [5, 5.41) is 3.06. The summed E-state index contributed by atoms with van der Waals surface area (Å²) in [6.07, 6.45) is 2.65. The van der Waals surface area contributed by atoms with Gasteiger partial charge in [-0.2, -0.15) is 0 Å². The van der Waals surface area contributed by atoms with Gasteiger partial charge in [0.1, 0.15) is 0 Å². The van der Waals surface area contributed by atoms with Crippen molar-refractivity contribution in [3.8, 4) is 5.88 Å². The SMILES string of the molecule is CCCOc1ncccc1CN=C(N)NC(C)COC. The predicted octanol–water partition coefficient (Wildman–Crippen LogP) is 1.31. The molecule has 3 N–H and O–H groups in total. The number of hydrogen-bond donors (Lipinski definition) is 2. The van der Waals surface area contributed by atoms with E-state index in [4.69, 9.17) is 15.2 Å². The molecule has 6 heteroatoms. The second-order valence-corrected chi connectivity index (χ2v) is 4.52. The fourth-order valence-corrected chi connectivity index (χ4v) is 1.63. The van der Waals surface area contributed by atoms with Crippen molar-refractivity contribution in [2.45, 2.75) is 32.9 Å². The van der Waals surface area contributed by atoms with Gasteiger partial charge in [-0.25, -0.2) is 9.98 Å². The Hall–Kier alpha value is -1.82. The molecule has 1 aromatic heterocycles. The summed E-state index contributed by atoms with van der Waals surface area (Å²) in [6.45, 7) is 5.69. The van der Waals surface area contributed by atoms with Gasteiger partial charge in [-0.1, -0.05) is 13.0 Å². The van der Waals surface area contributed by atoms with Crippen LogP contribution in [0.25, 0.3) is 0 Å². The number of nitrogens with zero attached hydrogens (tertiary/aromatic N) is 2. The lowest BCUT2D eigenvalue weighted by atomic mass is 10.3. The summed E-state index contributed by atoms with van der Waals surface area (Å²) in [6, 6.07) is 3.92. The molecule has 0 aliphatic carbocycles. The van der Waals surface area contributed by atoms with Crippen molar-refractivity contribution in [3.63, 3.8) is 0 Å². The van der Waals surface area contributed by atoms with Crippen LogP contribution in [0.4, 0.5) is 0 Å². The minimum Gasteiger partial charge on any atom is -0.477 e. The van der Waals surface area contributed by atoms with Crippen LogP contribution in [0.3, 0.4) is 0 Å². The number of aliphatic imine (C=N–C) groups is 1. The van der Waals surface area contributed by atoms with Gasteiger partial charge in [0.05, 0.1) is 19.8 Å². The Bertz CT molecular complexity index is 423. The molecular formula is C14H24N4O2. The lowest BCUT2D eigenvalue weighted by molar-refractivity contribution is 0.179. The van der Waals surface area contributed by atoms with E-state index in [2.05, 4.69) is 22.2 Å². The first-order valence-electron chi connectivity index (χ1n) is 6.79. The number of ether oxygens (including phenoxy) is 2. The van der Waals surface area contributed by atoms with Gasteiger partial charge in [-0.15, -0.1) is 0 Å². The first-order valence-corrected chi connectivity index (χ1v) is 6.79. The lowest BCUT2D eigenvalue weighted by Crippen LogP contribution is -2.40. The number of pyridine rings is 1. The van der Waals surface area contributed by atoms with E-state index in [1.807, 2.05) is 19.1 Å². The number of guanidine groups is 1. The Kier molecular flexibility index (Phi) is 7.42. The molecule has 0 aliphatic heterocycles. The molecule has 20 heavy (non-hydrogen) atoms. The monoisotopic (exact) mass is 280 g/mol. The van der Waals surface area contributed by atoms with Crippen LogP contribution in [0.1, 0.15) is 25.8 Å². The molecule has 0 radical (unpaired) electrons. The standard InChI is InChI=1S/C14H24N4O2/c1-4-8-20-13-12(6-5-7-16-13)9-17-14(15)18-11(2)10-19-3/h5-7,11H,4,8-10H2,1-3H3,(H3,15,17,18). The third-order valence-electron chi connectivity index (χ3n) is 2.52. The number of rotatable bonds is 8. The minimum atomic E-state index is 0.119. The first kappa shape index (κ1) is 16.2. The maximum atomic E-state index is 5.83. The first-order chi connectivity index (χ1) is 9.67. The number of methoxy groups -OCH3 is 1. The Morgan fingerprint density at radius 2 is 2.35 bits per heavy atom. The van der Waals surface area contributed by atoms with E-state index in [9.17, 15) is 0 Å². The van der Waals surface area contributed by atoms with E-state index in [0.717, 1.165) is 12.0 Å². The molecule has 0 amide bonds. The molecule has 1 rings (SSSR count). The average molecular weight is 280 g/mol. The molecule has 0 bridgehead atoms. The summed E-state index contributed by atoms with van der Waals surface area (Å²) in [4.78, 5) is 8.50. The molecule has 1 aromatic rings. The van der Waals surface area contributed by atoms with Crippen LogP contribution in [-0.2, 0) is 11.3 Å². The maximum Gasteiger partial charge on any atom is 0.218 e. The van der Waals surface area contributed by atoms with Gasteiger partial charge in [0.2, 0.25) is 5.88 Å². The van der Waals surface area contributed by atoms with E-state index >= 15 is 0 Å². The fraction of sp³-hybridized carbons (Fsp3) is 0.571. The molecule has 0 aliphatic rings. The number of nitrogens with two attached hydrogens (primary N) is 1. The van der Waals surface area contributed by atoms with Crippen molar-refractivity contribution < 1.29 is 9.47 Å². The van der Waals surface area contributed by atoms with Gasteiger partial charge < -0.3 is 20.5 Å². The van der Waals surface area contributed by atoms with Crippen LogP contribution >= 0.6 is 0 Å². The summed E-state index contributed by atoms with van der Waals surface area (Å²) < 4.78 is 10.6. The summed E-state index contributed by atoms with van der Waals surface area (Å²) in [7, 11) is 1.65. The Labute approximate surface area is 120 Å². The van der Waals surface area contributed by atoms with Crippen LogP contribution in [0.15, 0.2) is 23.3 Å². The van der Waals surface area contributed by atoms with Crippen molar-refractivity contribution in [3.05, 3.63) is 23.9 Å². The van der Waals surface area contributed by atoms with Crippen LogP contribution in [-0.4, -0.2) is 37.3 Å². The second kappa shape index (κ2) is 9.14. The van der Waals surface area contributed by atoms with E-state index in [1.54, 1.807) is 13.3 Å². The highest BCUT2D eigenvalue weighted by molar-refractivity contribution is 5.78. The largest absolute Gasteiger partial charge is 0.477 e. The molecule has 112 valence electrons. The number of nitrogens with one attached hydrogen (secondary N) is 1. The zero-order valence-electron chi connectivity index (χ0n) is 12.4. The molecular weight excluding hydrogens is 256 g/mol. The normalized spacial score (nSPS) is 13.1. The molecule has 1 unspecified atom stereocenters. The number of hydrogen-bond acceptors (Lipinski definition) is 4. The third kappa shape index (κ3) is 5.88. The zero-order chi connectivity index (χ0) is 14.8. The van der Waals surface area contributed by atoms with Gasteiger partial charge in [0, 0.05) is 24.9 Å². The number of aromatic nitrogens is 1. The van der Waals surface area contributed by atoms with Gasteiger partial charge >= 0.3 is 0 Å². The highest BCUT2D eigenvalue weighted by Gasteiger charge is 2.05. The highest BCUT2D eigenvalue weighted by Crippen LogP contribution is 2.15. The van der Waals surface area contributed by atoms with Crippen molar-refractivity contribution in [1.29, 1.82) is 0 Å². The third-order valence-corrected chi connectivity index (χ3v) is 2.52. The molecule has 6 nitrogen and oxygen atoms in total. The molecule has 0 aromatic carbocycles. The van der Waals surface area contributed by atoms with Crippen LogP contribution in [0.2, 0.25) is 0 Å². The van der Waals surface area contributed by atoms with Crippen LogP contribution < -0.4 is 15.8 Å². The highest BCUT2D eigenvalue weighted by atomic mass is 16.5. The topological polar surface area (TPSA) is 81.8 Å². The van der Waals surface area contributed by atoms with Gasteiger partial charge in [0.25, 0.3) is 0 Å². The summed E-state index contributed by atoms with van der Waals surface area (Å²) in [5.74, 6) is 1.01. The maximum absolute atomic E-state index is 5.83. The predicted molar refractivity (Wildman–Crippen MR) is 79.8 cm³/mol. The van der Waals surface area contributed by atoms with Crippen molar-refractivity contribution in [2.24, 2.45) is 10.7 Å². The average Bonchev–Trinajstić information content (AvgIpc) is 2.44. The second-order valence-electron chi connectivity index (χ2n) is 4.52. The molecule has 0 spiro atoms. The molecule has 0 fully saturated rings. The summed E-state index contributed by atoms with van der Waals surface area (Å²) in [5.41, 5.74) is 6.75.